The van der Waals surface area contributed by atoms with Gasteiger partial charge < -0.3 is 9.47 Å². The predicted octanol–water partition coefficient (Wildman–Crippen LogP) is 2.53. The summed E-state index contributed by atoms with van der Waals surface area (Å²) < 4.78 is 9.69. The third-order valence-electron chi connectivity index (χ3n) is 2.83. The molecule has 0 radical (unpaired) electrons. The minimum Gasteiger partial charge on any atom is -0.482 e. The van der Waals surface area contributed by atoms with Gasteiger partial charge in [-0.2, -0.15) is 0 Å². The van der Waals surface area contributed by atoms with Crippen molar-refractivity contribution in [1.29, 1.82) is 0 Å². The molecule has 0 N–H and O–H groups in total. The lowest BCUT2D eigenvalue weighted by atomic mass is 10.1. The molecule has 0 aliphatic heterocycles. The Morgan fingerprint density at radius 1 is 1.18 bits per heavy atom. The van der Waals surface area contributed by atoms with E-state index in [-0.39, 0.29) is 12.4 Å². The highest BCUT2D eigenvalue weighted by Gasteiger charge is 2.04. The first-order valence-electron chi connectivity index (χ1n) is 6.61. The molecule has 0 amide bonds. The van der Waals surface area contributed by atoms with E-state index in [0.29, 0.717) is 11.3 Å². The van der Waals surface area contributed by atoms with Crippen molar-refractivity contribution in [3.8, 4) is 5.75 Å². The summed E-state index contributed by atoms with van der Waals surface area (Å²) in [4.78, 5) is 27.0. The number of ketones is 1. The van der Waals surface area contributed by atoms with Gasteiger partial charge in [0.1, 0.15) is 5.75 Å². The fourth-order valence-corrected chi connectivity index (χ4v) is 1.66. The van der Waals surface area contributed by atoms with E-state index in [0.717, 1.165) is 5.56 Å². The summed E-state index contributed by atoms with van der Waals surface area (Å²) in [5, 5.41) is 0. The van der Waals surface area contributed by atoms with E-state index in [1.807, 2.05) is 6.07 Å². The van der Waals surface area contributed by atoms with E-state index in [2.05, 4.69) is 9.72 Å². The second-order valence-electron chi connectivity index (χ2n) is 4.37. The monoisotopic (exact) mass is 297 g/mol. The molecule has 1 aromatic heterocycles. The number of rotatable bonds is 6. The quantitative estimate of drug-likeness (QED) is 0.466. The molecule has 0 bridgehead atoms. The van der Waals surface area contributed by atoms with E-state index in [1.54, 1.807) is 48.8 Å². The highest BCUT2D eigenvalue weighted by atomic mass is 16.6. The number of benzene rings is 1. The number of methoxy groups -OCH3 is 1. The van der Waals surface area contributed by atoms with Gasteiger partial charge in [0.25, 0.3) is 0 Å². The molecule has 2 aromatic rings. The zero-order valence-electron chi connectivity index (χ0n) is 12.1. The van der Waals surface area contributed by atoms with Crippen molar-refractivity contribution in [2.24, 2.45) is 0 Å². The van der Waals surface area contributed by atoms with E-state index >= 15 is 0 Å². The molecular formula is C17H15NO4. The Balaban J connectivity index is 1.96. The summed E-state index contributed by atoms with van der Waals surface area (Å²) in [6.07, 6.45) is 6.54. The van der Waals surface area contributed by atoms with Gasteiger partial charge in [0.05, 0.1) is 7.11 Å². The van der Waals surface area contributed by atoms with Crippen molar-refractivity contribution in [2.75, 3.05) is 13.7 Å². The smallest absolute Gasteiger partial charge is 0.343 e. The van der Waals surface area contributed by atoms with Gasteiger partial charge in [-0.05, 0) is 48.0 Å². The Hall–Kier alpha value is -2.95. The van der Waals surface area contributed by atoms with Crippen LogP contribution in [0.15, 0.2) is 54.9 Å². The Morgan fingerprint density at radius 3 is 2.59 bits per heavy atom. The number of allylic oxidation sites excluding steroid dienone is 1. The third-order valence-corrected chi connectivity index (χ3v) is 2.83. The van der Waals surface area contributed by atoms with E-state index in [9.17, 15) is 9.59 Å². The Bertz CT molecular complexity index is 663. The maximum Gasteiger partial charge on any atom is 0.343 e. The molecule has 0 aliphatic rings. The number of ether oxygens (including phenoxy) is 2. The molecule has 1 aromatic carbocycles. The molecule has 0 saturated carbocycles. The number of carbonyl (C=O) groups excluding carboxylic acids is 2. The average molecular weight is 297 g/mol. The molecule has 5 nitrogen and oxygen atoms in total. The third kappa shape index (κ3) is 4.56. The molecule has 5 heteroatoms. The molecule has 0 unspecified atom stereocenters. The number of hydrogen-bond donors (Lipinski definition) is 0. The first-order chi connectivity index (χ1) is 10.7. The largest absolute Gasteiger partial charge is 0.482 e. The number of nitrogens with zero attached hydrogens (tertiary/aromatic N) is 1. The summed E-state index contributed by atoms with van der Waals surface area (Å²) in [5.74, 6) is -0.0823. The van der Waals surface area contributed by atoms with Gasteiger partial charge in [-0.1, -0.05) is 6.07 Å². The fourth-order valence-electron chi connectivity index (χ4n) is 1.66. The van der Waals surface area contributed by atoms with Crippen molar-refractivity contribution in [2.45, 2.75) is 0 Å². The number of hydrogen-bond acceptors (Lipinski definition) is 5. The highest BCUT2D eigenvalue weighted by molar-refractivity contribution is 6.06. The molecule has 0 spiro atoms. The van der Waals surface area contributed by atoms with Crippen molar-refractivity contribution >= 4 is 17.8 Å². The van der Waals surface area contributed by atoms with Crippen LogP contribution in [0.2, 0.25) is 0 Å². The standard InChI is InChI=1S/C17H15NO4/c1-21-17(20)12-22-15-7-5-14(6-8-15)16(19)9-4-13-3-2-10-18-11-13/h2-11H,12H2,1H3/b9-4-. The summed E-state index contributed by atoms with van der Waals surface area (Å²) in [6, 6.07) is 10.2. The zero-order chi connectivity index (χ0) is 15.8. The van der Waals surface area contributed by atoms with Crippen LogP contribution in [0, 0.1) is 0 Å². The highest BCUT2D eigenvalue weighted by Crippen LogP contribution is 2.13. The Morgan fingerprint density at radius 2 is 1.95 bits per heavy atom. The maximum atomic E-state index is 12.0. The molecule has 2 rings (SSSR count). The molecule has 1 heterocycles. The lowest BCUT2D eigenvalue weighted by Crippen LogP contribution is -2.12. The summed E-state index contributed by atoms with van der Waals surface area (Å²) in [6.45, 7) is -0.162. The van der Waals surface area contributed by atoms with Gasteiger partial charge >= 0.3 is 5.97 Å². The minimum atomic E-state index is -0.459. The second kappa shape index (κ2) is 7.73. The van der Waals surface area contributed by atoms with Crippen LogP contribution in [0.1, 0.15) is 15.9 Å². The summed E-state index contributed by atoms with van der Waals surface area (Å²) >= 11 is 0. The van der Waals surface area contributed by atoms with Crippen molar-refractivity contribution in [3.63, 3.8) is 0 Å². The lowest BCUT2D eigenvalue weighted by Gasteiger charge is -2.04. The lowest BCUT2D eigenvalue weighted by molar-refractivity contribution is -0.142. The van der Waals surface area contributed by atoms with Crippen LogP contribution in [-0.4, -0.2) is 30.5 Å². The summed E-state index contributed by atoms with van der Waals surface area (Å²) in [7, 11) is 1.29. The molecule has 0 saturated heterocycles. The van der Waals surface area contributed by atoms with E-state index in [4.69, 9.17) is 4.74 Å². The first-order valence-corrected chi connectivity index (χ1v) is 6.61. The van der Waals surface area contributed by atoms with E-state index < -0.39 is 5.97 Å². The molecule has 0 fully saturated rings. The van der Waals surface area contributed by atoms with Crippen LogP contribution < -0.4 is 4.74 Å². The molecule has 0 atom stereocenters. The van der Waals surface area contributed by atoms with Gasteiger partial charge in [-0.15, -0.1) is 0 Å². The molecule has 22 heavy (non-hydrogen) atoms. The number of pyridine rings is 1. The summed E-state index contributed by atoms with van der Waals surface area (Å²) in [5.41, 5.74) is 1.39. The van der Waals surface area contributed by atoms with Gasteiger partial charge in [0.15, 0.2) is 12.4 Å². The van der Waals surface area contributed by atoms with Crippen molar-refractivity contribution < 1.29 is 19.1 Å². The van der Waals surface area contributed by atoms with Gasteiger partial charge in [-0.3, -0.25) is 9.78 Å². The average Bonchev–Trinajstić information content (AvgIpc) is 2.59. The number of esters is 1. The van der Waals surface area contributed by atoms with Crippen LogP contribution in [0.5, 0.6) is 5.75 Å². The van der Waals surface area contributed by atoms with Crippen LogP contribution in [0.4, 0.5) is 0 Å². The number of carbonyl (C=O) groups is 2. The molecule has 112 valence electrons. The van der Waals surface area contributed by atoms with E-state index in [1.165, 1.54) is 13.2 Å². The minimum absolute atomic E-state index is 0.122. The fraction of sp³-hybridized carbons (Fsp3) is 0.118. The SMILES string of the molecule is COC(=O)COc1ccc(C(=O)/C=C\c2cccnc2)cc1. The van der Waals surface area contributed by atoms with Crippen LogP contribution in [0.25, 0.3) is 6.08 Å². The van der Waals surface area contributed by atoms with Crippen LogP contribution in [0.3, 0.4) is 0 Å². The van der Waals surface area contributed by atoms with Gasteiger partial charge in [0, 0.05) is 18.0 Å². The molecule has 0 aliphatic carbocycles. The number of aromatic nitrogens is 1. The molecular weight excluding hydrogens is 282 g/mol. The zero-order valence-corrected chi connectivity index (χ0v) is 12.1. The first kappa shape index (κ1) is 15.4. The van der Waals surface area contributed by atoms with Crippen LogP contribution in [-0.2, 0) is 9.53 Å². The predicted molar refractivity (Wildman–Crippen MR) is 81.6 cm³/mol. The maximum absolute atomic E-state index is 12.0. The van der Waals surface area contributed by atoms with Gasteiger partial charge in [-0.25, -0.2) is 4.79 Å². The van der Waals surface area contributed by atoms with Crippen molar-refractivity contribution in [3.05, 3.63) is 66.0 Å². The van der Waals surface area contributed by atoms with Crippen LogP contribution >= 0.6 is 0 Å². The Kier molecular flexibility index (Phi) is 5.43. The van der Waals surface area contributed by atoms with Gasteiger partial charge in [0.2, 0.25) is 0 Å². The topological polar surface area (TPSA) is 65.5 Å². The normalized spacial score (nSPS) is 10.4. The van der Waals surface area contributed by atoms with Crippen molar-refractivity contribution in [1.82, 2.24) is 4.98 Å². The Labute approximate surface area is 128 Å². The second-order valence-corrected chi connectivity index (χ2v) is 4.37.